The van der Waals surface area contributed by atoms with Crippen molar-refractivity contribution in [2.45, 2.75) is 33.0 Å². The van der Waals surface area contributed by atoms with Crippen LogP contribution in [0.2, 0.25) is 0 Å². The lowest BCUT2D eigenvalue weighted by Gasteiger charge is -2.19. The molecule has 0 radical (unpaired) electrons. The molecule has 0 spiro atoms. The van der Waals surface area contributed by atoms with Crippen molar-refractivity contribution >= 4 is 17.7 Å². The average molecular weight is 249 g/mol. The van der Waals surface area contributed by atoms with Gasteiger partial charge >= 0.3 is 12.1 Å². The van der Waals surface area contributed by atoms with E-state index in [4.69, 9.17) is 9.47 Å². The van der Waals surface area contributed by atoms with Gasteiger partial charge in [-0.1, -0.05) is 6.07 Å². The first-order chi connectivity index (χ1) is 8.35. The zero-order valence-corrected chi connectivity index (χ0v) is 10.6. The maximum atomic E-state index is 11.6. The fourth-order valence-electron chi connectivity index (χ4n) is 1.61. The number of rotatable bonds is 1. The number of benzene rings is 1. The SMILES string of the molecule is CC(C)(C)OC(=O)Nc1ccc2c(c1)C(=O)OC2. The molecule has 2 rings (SSSR count). The topological polar surface area (TPSA) is 64.6 Å². The molecule has 1 aromatic rings. The Bertz CT molecular complexity index is 502. The quantitative estimate of drug-likeness (QED) is 0.777. The van der Waals surface area contributed by atoms with Gasteiger partial charge < -0.3 is 9.47 Å². The summed E-state index contributed by atoms with van der Waals surface area (Å²) in [4.78, 5) is 22.9. The lowest BCUT2D eigenvalue weighted by Crippen LogP contribution is -2.27. The zero-order valence-electron chi connectivity index (χ0n) is 10.6. The van der Waals surface area contributed by atoms with E-state index in [-0.39, 0.29) is 5.97 Å². The normalized spacial score (nSPS) is 13.8. The van der Waals surface area contributed by atoms with E-state index in [1.165, 1.54) is 0 Å². The minimum absolute atomic E-state index is 0.293. The number of hydrogen-bond donors (Lipinski definition) is 1. The number of anilines is 1. The van der Waals surface area contributed by atoms with Gasteiger partial charge in [0.05, 0.1) is 5.56 Å². The predicted molar refractivity (Wildman–Crippen MR) is 65.4 cm³/mol. The van der Waals surface area contributed by atoms with Crippen molar-refractivity contribution in [3.8, 4) is 0 Å². The van der Waals surface area contributed by atoms with Crippen molar-refractivity contribution in [3.05, 3.63) is 29.3 Å². The van der Waals surface area contributed by atoms with E-state index >= 15 is 0 Å². The standard InChI is InChI=1S/C13H15NO4/c1-13(2,3)18-12(16)14-9-5-4-8-7-17-11(15)10(8)6-9/h4-6H,7H2,1-3H3,(H,14,16). The summed E-state index contributed by atoms with van der Waals surface area (Å²) in [6, 6.07) is 5.06. The van der Waals surface area contributed by atoms with E-state index < -0.39 is 11.7 Å². The lowest BCUT2D eigenvalue weighted by atomic mass is 10.1. The van der Waals surface area contributed by atoms with Crippen LogP contribution in [-0.2, 0) is 16.1 Å². The van der Waals surface area contributed by atoms with E-state index in [9.17, 15) is 9.59 Å². The van der Waals surface area contributed by atoms with Crippen molar-refractivity contribution in [1.82, 2.24) is 0 Å². The molecule has 1 aliphatic rings. The van der Waals surface area contributed by atoms with Crippen molar-refractivity contribution in [1.29, 1.82) is 0 Å². The number of nitrogens with one attached hydrogen (secondary N) is 1. The number of carbonyl (C=O) groups is 2. The molecule has 0 saturated carbocycles. The molecular formula is C13H15NO4. The van der Waals surface area contributed by atoms with Crippen LogP contribution in [0.5, 0.6) is 0 Å². The molecule has 1 heterocycles. The van der Waals surface area contributed by atoms with Gasteiger partial charge in [-0.15, -0.1) is 0 Å². The van der Waals surface area contributed by atoms with E-state index in [0.717, 1.165) is 5.56 Å². The van der Waals surface area contributed by atoms with Crippen molar-refractivity contribution in [2.75, 3.05) is 5.32 Å². The minimum atomic E-state index is -0.556. The van der Waals surface area contributed by atoms with Gasteiger partial charge in [-0.3, -0.25) is 5.32 Å². The number of hydrogen-bond acceptors (Lipinski definition) is 4. The summed E-state index contributed by atoms with van der Waals surface area (Å²) in [5.41, 5.74) is 1.28. The summed E-state index contributed by atoms with van der Waals surface area (Å²) in [5, 5.41) is 2.58. The van der Waals surface area contributed by atoms with Crippen molar-refractivity contribution < 1.29 is 19.1 Å². The molecule has 0 aromatic heterocycles. The lowest BCUT2D eigenvalue weighted by molar-refractivity contribution is 0.0533. The maximum absolute atomic E-state index is 11.6. The molecule has 0 aliphatic carbocycles. The largest absolute Gasteiger partial charge is 0.457 e. The summed E-state index contributed by atoms with van der Waals surface area (Å²) in [6.07, 6.45) is -0.547. The molecule has 5 nitrogen and oxygen atoms in total. The summed E-state index contributed by atoms with van der Waals surface area (Å²) >= 11 is 0. The molecule has 0 saturated heterocycles. The third-order valence-corrected chi connectivity index (χ3v) is 2.33. The zero-order chi connectivity index (χ0) is 13.3. The van der Waals surface area contributed by atoms with Crippen LogP contribution in [0.3, 0.4) is 0 Å². The van der Waals surface area contributed by atoms with Crippen LogP contribution >= 0.6 is 0 Å². The Hall–Kier alpha value is -2.04. The van der Waals surface area contributed by atoms with Gasteiger partial charge in [-0.2, -0.15) is 0 Å². The van der Waals surface area contributed by atoms with Crippen molar-refractivity contribution in [2.24, 2.45) is 0 Å². The molecule has 1 N–H and O–H groups in total. The second-order valence-electron chi connectivity index (χ2n) is 5.07. The fourth-order valence-corrected chi connectivity index (χ4v) is 1.61. The van der Waals surface area contributed by atoms with E-state index in [1.54, 1.807) is 39.0 Å². The number of cyclic esters (lactones) is 1. The summed E-state index contributed by atoms with van der Waals surface area (Å²) in [6.45, 7) is 5.65. The molecule has 5 heteroatoms. The van der Waals surface area contributed by atoms with Crippen LogP contribution in [0, 0.1) is 0 Å². The number of esters is 1. The summed E-state index contributed by atoms with van der Waals surface area (Å²) in [7, 11) is 0. The fraction of sp³-hybridized carbons (Fsp3) is 0.385. The predicted octanol–water partition coefficient (Wildman–Crippen LogP) is 2.70. The van der Waals surface area contributed by atoms with Gasteiger partial charge in [0.15, 0.2) is 0 Å². The Labute approximate surface area is 105 Å². The van der Waals surface area contributed by atoms with Gasteiger partial charge in [0.2, 0.25) is 0 Å². The van der Waals surface area contributed by atoms with Crippen LogP contribution in [0.4, 0.5) is 10.5 Å². The molecule has 0 fully saturated rings. The first-order valence-electron chi connectivity index (χ1n) is 5.65. The Morgan fingerprint density at radius 3 is 2.78 bits per heavy atom. The molecule has 18 heavy (non-hydrogen) atoms. The van der Waals surface area contributed by atoms with Crippen LogP contribution in [0.1, 0.15) is 36.7 Å². The molecule has 0 bridgehead atoms. The highest BCUT2D eigenvalue weighted by Crippen LogP contribution is 2.23. The second kappa shape index (κ2) is 4.33. The smallest absolute Gasteiger partial charge is 0.412 e. The molecule has 1 amide bonds. The van der Waals surface area contributed by atoms with Crippen LogP contribution in [0.15, 0.2) is 18.2 Å². The van der Waals surface area contributed by atoms with Gasteiger partial charge in [0, 0.05) is 11.3 Å². The first-order valence-corrected chi connectivity index (χ1v) is 5.65. The van der Waals surface area contributed by atoms with Crippen molar-refractivity contribution in [3.63, 3.8) is 0 Å². The Morgan fingerprint density at radius 1 is 1.39 bits per heavy atom. The van der Waals surface area contributed by atoms with Crippen LogP contribution in [0.25, 0.3) is 0 Å². The van der Waals surface area contributed by atoms with Gasteiger partial charge in [-0.05, 0) is 32.9 Å². The highest BCUT2D eigenvalue weighted by Gasteiger charge is 2.22. The number of fused-ring (bicyclic) bond motifs is 1. The van der Waals surface area contributed by atoms with Gasteiger partial charge in [0.1, 0.15) is 12.2 Å². The minimum Gasteiger partial charge on any atom is -0.457 e. The van der Waals surface area contributed by atoms with Gasteiger partial charge in [0.25, 0.3) is 0 Å². The van der Waals surface area contributed by atoms with E-state index in [2.05, 4.69) is 5.32 Å². The number of ether oxygens (including phenoxy) is 2. The third-order valence-electron chi connectivity index (χ3n) is 2.33. The maximum Gasteiger partial charge on any atom is 0.412 e. The Balaban J connectivity index is 2.09. The van der Waals surface area contributed by atoms with E-state index in [1.807, 2.05) is 0 Å². The Kier molecular flexibility index (Phi) is 2.98. The average Bonchev–Trinajstić information content (AvgIpc) is 2.57. The van der Waals surface area contributed by atoms with Crippen LogP contribution < -0.4 is 5.32 Å². The van der Waals surface area contributed by atoms with Crippen LogP contribution in [-0.4, -0.2) is 17.7 Å². The monoisotopic (exact) mass is 249 g/mol. The van der Waals surface area contributed by atoms with Gasteiger partial charge in [-0.25, -0.2) is 9.59 Å². The highest BCUT2D eigenvalue weighted by molar-refractivity contribution is 5.95. The molecule has 0 atom stereocenters. The third kappa shape index (κ3) is 2.80. The molecular weight excluding hydrogens is 234 g/mol. The Morgan fingerprint density at radius 2 is 2.11 bits per heavy atom. The van der Waals surface area contributed by atoms with E-state index in [0.29, 0.717) is 17.9 Å². The second-order valence-corrected chi connectivity index (χ2v) is 5.07. The molecule has 96 valence electrons. The number of carbonyl (C=O) groups excluding carboxylic acids is 2. The summed E-state index contributed by atoms with van der Waals surface area (Å²) < 4.78 is 10.0. The molecule has 0 unspecified atom stereocenters. The molecule has 1 aromatic carbocycles. The highest BCUT2D eigenvalue weighted by atomic mass is 16.6. The first kappa shape index (κ1) is 12.4. The molecule has 1 aliphatic heterocycles. The number of amides is 1. The summed E-state index contributed by atoms with van der Waals surface area (Å²) in [5.74, 6) is -0.363.